The van der Waals surface area contributed by atoms with E-state index in [9.17, 15) is 17.3 Å². The Bertz CT molecular complexity index is 3390. The van der Waals surface area contributed by atoms with Gasteiger partial charge in [0.1, 0.15) is 31.8 Å². The second-order valence-corrected chi connectivity index (χ2v) is 27.4. The molecule has 11 rings (SSSR count). The van der Waals surface area contributed by atoms with Crippen LogP contribution in [0.15, 0.2) is 261 Å². The quantitative estimate of drug-likeness (QED) is 0.0661. The van der Waals surface area contributed by atoms with E-state index in [1.54, 1.807) is 0 Å². The van der Waals surface area contributed by atoms with E-state index in [0.717, 1.165) is 0 Å². The van der Waals surface area contributed by atoms with Gasteiger partial charge in [0.2, 0.25) is 0 Å². The summed E-state index contributed by atoms with van der Waals surface area (Å²) in [5.74, 6) is 0. The fourth-order valence-electron chi connectivity index (χ4n) is 10.5. The van der Waals surface area contributed by atoms with Crippen LogP contribution in [-0.4, -0.2) is 13.3 Å². The van der Waals surface area contributed by atoms with Gasteiger partial charge in [0.15, 0.2) is 0 Å². The molecule has 2 atom stereocenters. The number of fused-ring (bicyclic) bond motifs is 2. The Labute approximate surface area is 487 Å². The average molecular weight is 1220 g/mol. The van der Waals surface area contributed by atoms with Crippen LogP contribution in [0, 0.1) is 27.7 Å². The first-order valence-corrected chi connectivity index (χ1v) is 33.3. The standard InChI is InChI=1S/C48H40P2.C21H21NP.BF4.ClH.Ru/c1-33-13-23-39(24-14-33)49(40-25-15-34(2)16-26-40)45-31-21-37-9-5-7-11-43(37)47(45)48-44-12-8-6-10-38(44)22-32-46(48)50(41-27-17-35(3)18-28-41)42-29-19-36(4)20-30-42;1-17(22)21(18-11-5-2-6-12-18)23(19-13-7-3-8-14-19)20-15-9-4-10-16-20;2-1(3,4)5;;/h5-32H,1-4H3;2-17,21-22H,1H3;;1H;/q;2*-1;;+3/p+2. The zero-order valence-electron chi connectivity index (χ0n) is 45.3. The Morgan fingerprint density at radius 1 is 0.362 bits per heavy atom. The van der Waals surface area contributed by atoms with E-state index in [-0.39, 0.29) is 11.7 Å². The molecule has 1 nitrogen and oxygen atoms in total. The molecule has 0 spiro atoms. The van der Waals surface area contributed by atoms with Gasteiger partial charge in [-0.15, -0.1) is 0 Å². The summed E-state index contributed by atoms with van der Waals surface area (Å²) in [4.78, 5) is 0. The Hall–Kier alpha value is -6.11. The first-order chi connectivity index (χ1) is 38.7. The summed E-state index contributed by atoms with van der Waals surface area (Å²) in [6, 6.07) is 96.9. The maximum atomic E-state index is 9.75. The van der Waals surface area contributed by atoms with Crippen LogP contribution < -0.4 is 42.4 Å². The summed E-state index contributed by atoms with van der Waals surface area (Å²) in [6.45, 7) is 10.8. The zero-order valence-corrected chi connectivity index (χ0v) is 50.8. The predicted molar refractivity (Wildman–Crippen MR) is 346 cm³/mol. The molecule has 11 heteroatoms. The minimum absolute atomic E-state index is 0.147. The summed E-state index contributed by atoms with van der Waals surface area (Å²) < 4.78 is 39.0. The van der Waals surface area contributed by atoms with E-state index in [1.165, 1.54) is 103 Å². The summed E-state index contributed by atoms with van der Waals surface area (Å²) in [5, 5.41) is 16.4. The van der Waals surface area contributed by atoms with Crippen molar-refractivity contribution in [2.75, 3.05) is 0 Å². The van der Waals surface area contributed by atoms with Gasteiger partial charge < -0.3 is 23.0 Å². The minimum atomic E-state index is -6.00. The number of halogens is 5. The molecule has 0 aromatic heterocycles. The summed E-state index contributed by atoms with van der Waals surface area (Å²) in [5.41, 5.74) is 17.9. The van der Waals surface area contributed by atoms with Gasteiger partial charge in [-0.05, 0) is 140 Å². The molecule has 0 radical (unpaired) electrons. The Kier molecular flexibility index (Phi) is 21.4. The van der Waals surface area contributed by atoms with Crippen molar-refractivity contribution in [2.24, 2.45) is 0 Å². The molecule has 0 fully saturated rings. The number of hydrogen-bond acceptors (Lipinski definition) is 0. The van der Waals surface area contributed by atoms with Crippen molar-refractivity contribution < 1.29 is 34.6 Å². The van der Waals surface area contributed by atoms with Gasteiger partial charge in [0.05, 0.1) is 40.0 Å². The topological polar surface area (TPSA) is 23.8 Å². The molecular weight excluding hydrogens is 1160 g/mol. The molecule has 2 unspecified atom stereocenters. The third-order valence-corrected chi connectivity index (χ3v) is 23.1. The zero-order chi connectivity index (χ0) is 56.8. The maximum absolute atomic E-state index is 9.75. The Morgan fingerprint density at radius 2 is 0.637 bits per heavy atom. The molecule has 0 amide bonds. The number of nitrogens with one attached hydrogen (secondary N) is 1. The van der Waals surface area contributed by atoms with Gasteiger partial charge >= 0.3 is 34.3 Å². The third-order valence-electron chi connectivity index (χ3n) is 14.1. The molecule has 1 N–H and O–H groups in total. The monoisotopic (exact) mass is 1220 g/mol. The van der Waals surface area contributed by atoms with Crippen molar-refractivity contribution in [1.82, 2.24) is 0 Å². The van der Waals surface area contributed by atoms with Crippen LogP contribution in [0.25, 0.3) is 38.4 Å². The number of benzene rings is 11. The van der Waals surface area contributed by atoms with Crippen molar-refractivity contribution in [3.05, 3.63) is 294 Å². The van der Waals surface area contributed by atoms with Crippen LogP contribution in [0.3, 0.4) is 0 Å². The fourth-order valence-corrected chi connectivity index (χ4v) is 19.1. The predicted octanol–water partition coefficient (Wildman–Crippen LogP) is 16.9. The van der Waals surface area contributed by atoms with E-state index >= 15 is 0 Å². The van der Waals surface area contributed by atoms with Gasteiger partial charge in [-0.3, -0.25) is 0 Å². The molecule has 0 bridgehead atoms. The number of hydrogen-bond donors (Lipinski definition) is 0. The third kappa shape index (κ3) is 15.3. The first-order valence-electron chi connectivity index (χ1n) is 26.5. The SMILES string of the molecule is CC([NH-])C(c1ccccc1)[PH+](c1ccccc1)c1ccccc1.Cc1ccc([PH+](c2ccc(C)cc2)c2ccc3ccccc3c2-c2c([PH+](c3ccc(C)cc3)c3ccc(C)cc3)ccc3ccccc23)cc1.F[B-](F)(F)F.[Cl][Ru+2]. The van der Waals surface area contributed by atoms with E-state index < -0.39 is 31.0 Å². The van der Waals surface area contributed by atoms with Crippen LogP contribution in [-0.2, 0) is 17.3 Å². The molecule has 0 heterocycles. The van der Waals surface area contributed by atoms with E-state index in [0.29, 0.717) is 0 Å². The van der Waals surface area contributed by atoms with E-state index in [2.05, 4.69) is 292 Å². The molecule has 0 aliphatic rings. The number of rotatable bonds is 12. The van der Waals surface area contributed by atoms with E-state index in [1.807, 2.05) is 30.3 Å². The fraction of sp³-hybridized carbons (Fsp3) is 0.101. The van der Waals surface area contributed by atoms with Crippen molar-refractivity contribution in [3.8, 4) is 11.1 Å². The van der Waals surface area contributed by atoms with Gasteiger partial charge in [-0.25, -0.2) is 0 Å². The van der Waals surface area contributed by atoms with Gasteiger partial charge in [-0.2, -0.15) is 0 Å². The van der Waals surface area contributed by atoms with Crippen molar-refractivity contribution >= 4 is 105 Å². The van der Waals surface area contributed by atoms with Crippen LogP contribution >= 0.6 is 33.5 Å². The molecule has 0 aliphatic carbocycles. The molecule has 403 valence electrons. The summed E-state index contributed by atoms with van der Waals surface area (Å²) in [6.07, 6.45) is 0. The molecular formula is C69H64BClF4NP3Ru+3. The molecule has 11 aromatic carbocycles. The van der Waals surface area contributed by atoms with Crippen LogP contribution in [0.5, 0.6) is 0 Å². The van der Waals surface area contributed by atoms with Crippen LogP contribution in [0.4, 0.5) is 17.3 Å². The average Bonchev–Trinajstić information content (AvgIpc) is 3.59. The van der Waals surface area contributed by atoms with Gasteiger partial charge in [-0.1, -0.05) is 211 Å². The van der Waals surface area contributed by atoms with Crippen molar-refractivity contribution in [1.29, 1.82) is 0 Å². The second-order valence-electron chi connectivity index (χ2n) is 20.0. The Balaban J connectivity index is 0.000000232. The van der Waals surface area contributed by atoms with Crippen LogP contribution in [0.1, 0.15) is 40.4 Å². The molecule has 11 aromatic rings. The normalized spacial score (nSPS) is 12.0. The van der Waals surface area contributed by atoms with Crippen molar-refractivity contribution in [2.45, 2.75) is 46.3 Å². The second kappa shape index (κ2) is 28.5. The van der Waals surface area contributed by atoms with E-state index in [4.69, 9.17) is 5.73 Å². The summed E-state index contributed by atoms with van der Waals surface area (Å²) in [7, 11) is -5.34. The molecule has 0 saturated carbocycles. The number of aryl methyl sites for hydroxylation is 4. The Morgan fingerprint density at radius 3 is 0.938 bits per heavy atom. The molecule has 80 heavy (non-hydrogen) atoms. The summed E-state index contributed by atoms with van der Waals surface area (Å²) >= 11 is 1.82. The van der Waals surface area contributed by atoms with Crippen LogP contribution in [0.2, 0.25) is 0 Å². The van der Waals surface area contributed by atoms with Gasteiger partial charge in [0, 0.05) is 11.1 Å². The molecule has 0 aliphatic heterocycles. The first kappa shape index (κ1) is 60.0. The van der Waals surface area contributed by atoms with Gasteiger partial charge in [0.25, 0.3) is 0 Å². The molecule has 0 saturated heterocycles. The van der Waals surface area contributed by atoms with Crippen molar-refractivity contribution in [3.63, 3.8) is 0 Å².